The van der Waals surface area contributed by atoms with Crippen LogP contribution in [0, 0.1) is 0 Å². The van der Waals surface area contributed by atoms with Crippen molar-refractivity contribution in [2.24, 2.45) is 0 Å². The van der Waals surface area contributed by atoms with Crippen molar-refractivity contribution in [2.75, 3.05) is 7.11 Å². The van der Waals surface area contributed by atoms with Gasteiger partial charge in [0, 0.05) is 16.9 Å². The van der Waals surface area contributed by atoms with E-state index < -0.39 is 11.2 Å². The van der Waals surface area contributed by atoms with Gasteiger partial charge in [0.25, 0.3) is 0 Å². The number of hydrogen-bond donors (Lipinski definition) is 0. The van der Waals surface area contributed by atoms with Gasteiger partial charge in [-0.05, 0) is 12.1 Å². The van der Waals surface area contributed by atoms with Gasteiger partial charge in [-0.15, -0.1) is 11.8 Å². The predicted molar refractivity (Wildman–Crippen MR) is 81.1 cm³/mol. The second-order valence-electron chi connectivity index (χ2n) is 4.64. The van der Waals surface area contributed by atoms with Gasteiger partial charge in [-0.25, -0.2) is 0 Å². The third kappa shape index (κ3) is 2.56. The van der Waals surface area contributed by atoms with Gasteiger partial charge in [0.1, 0.15) is 0 Å². The van der Waals surface area contributed by atoms with Crippen molar-refractivity contribution < 1.29 is 14.3 Å². The van der Waals surface area contributed by atoms with Gasteiger partial charge in [-0.1, -0.05) is 30.3 Å². The first kappa shape index (κ1) is 13.8. The maximum Gasteiger partial charge on any atom is 0.326 e. The molecule has 0 saturated carbocycles. The molecule has 1 aliphatic heterocycles. The number of carbonyl (C=O) groups is 2. The number of Topliss-reactive ketones (excluding diaryl/α,β-unsaturated/α-hetero) is 1. The number of methoxy groups -OCH3 is 1. The van der Waals surface area contributed by atoms with Crippen molar-refractivity contribution in [3.8, 4) is 11.3 Å². The summed E-state index contributed by atoms with van der Waals surface area (Å²) in [6.45, 7) is 0. The molecule has 1 atom stereocenters. The molecule has 0 bridgehead atoms. The number of esters is 1. The lowest BCUT2D eigenvalue weighted by Gasteiger charge is -2.20. The smallest absolute Gasteiger partial charge is 0.326 e. The maximum atomic E-state index is 12.3. The largest absolute Gasteiger partial charge is 0.468 e. The molecule has 0 spiro atoms. The summed E-state index contributed by atoms with van der Waals surface area (Å²) in [6, 6.07) is 13.4. The van der Waals surface area contributed by atoms with Gasteiger partial charge >= 0.3 is 5.97 Å². The number of aromatic nitrogens is 1. The van der Waals surface area contributed by atoms with Gasteiger partial charge in [-0.3, -0.25) is 14.6 Å². The average Bonchev–Trinajstić information content (AvgIpc) is 2.55. The molecule has 4 nitrogen and oxygen atoms in total. The Kier molecular flexibility index (Phi) is 3.75. The monoisotopic (exact) mass is 299 g/mol. The molecule has 0 radical (unpaired) electrons. The molecule has 3 rings (SSSR count). The van der Waals surface area contributed by atoms with Crippen LogP contribution in [0.3, 0.4) is 0 Å². The lowest BCUT2D eigenvalue weighted by molar-refractivity contribution is -0.138. The van der Waals surface area contributed by atoms with E-state index in [9.17, 15) is 9.59 Å². The Morgan fingerprint density at radius 2 is 2.00 bits per heavy atom. The Labute approximate surface area is 126 Å². The summed E-state index contributed by atoms with van der Waals surface area (Å²) >= 11 is 1.26. The van der Waals surface area contributed by atoms with Crippen molar-refractivity contribution in [3.63, 3.8) is 0 Å². The molecular formula is C16H13NO3S. The number of rotatable bonds is 2. The summed E-state index contributed by atoms with van der Waals surface area (Å²) in [7, 11) is 1.29. The number of hydrogen-bond acceptors (Lipinski definition) is 5. The molecule has 1 unspecified atom stereocenters. The lowest BCUT2D eigenvalue weighted by atomic mass is 10.0. The zero-order chi connectivity index (χ0) is 14.8. The van der Waals surface area contributed by atoms with Crippen LogP contribution in [0.5, 0.6) is 0 Å². The van der Waals surface area contributed by atoms with E-state index in [1.807, 2.05) is 36.4 Å². The highest BCUT2D eigenvalue weighted by molar-refractivity contribution is 8.00. The van der Waals surface area contributed by atoms with Crippen LogP contribution < -0.4 is 0 Å². The number of nitrogens with zero attached hydrogens (tertiary/aromatic N) is 1. The van der Waals surface area contributed by atoms with Crippen molar-refractivity contribution in [3.05, 3.63) is 53.7 Å². The summed E-state index contributed by atoms with van der Waals surface area (Å²) in [5.74, 6) is -0.190. The molecule has 0 N–H and O–H groups in total. The lowest BCUT2D eigenvalue weighted by Crippen LogP contribution is -2.32. The number of thioether (sulfide) groups is 1. The van der Waals surface area contributed by atoms with Crippen LogP contribution in [0.25, 0.3) is 11.3 Å². The number of benzene rings is 1. The van der Waals surface area contributed by atoms with E-state index in [2.05, 4.69) is 9.72 Å². The third-order valence-electron chi connectivity index (χ3n) is 3.35. The minimum absolute atomic E-state index is 0.222. The van der Waals surface area contributed by atoms with Gasteiger partial charge < -0.3 is 4.74 Å². The van der Waals surface area contributed by atoms with Crippen LogP contribution >= 0.6 is 11.8 Å². The Morgan fingerprint density at radius 1 is 1.24 bits per heavy atom. The number of ether oxygens (including phenoxy) is 1. The Bertz CT molecular complexity index is 700. The normalized spacial score (nSPS) is 17.2. The molecular weight excluding hydrogens is 286 g/mol. The molecule has 1 aromatic carbocycles. The van der Waals surface area contributed by atoms with Crippen molar-refractivity contribution >= 4 is 23.5 Å². The molecule has 2 heterocycles. The van der Waals surface area contributed by atoms with Crippen LogP contribution in [0.15, 0.2) is 42.5 Å². The third-order valence-corrected chi connectivity index (χ3v) is 4.53. The SMILES string of the molecule is COC(=O)C1SCc2nc(-c3ccccc3)ccc2C1=O. The standard InChI is InChI=1S/C16H13NO3S/c1-20-16(19)15-14(18)11-7-8-12(17-13(11)9-21-15)10-5-3-2-4-6-10/h2-8,15H,9H2,1H3. The first-order valence-electron chi connectivity index (χ1n) is 6.49. The summed E-state index contributed by atoms with van der Waals surface area (Å²) in [5.41, 5.74) is 3.09. The fourth-order valence-electron chi connectivity index (χ4n) is 2.27. The molecule has 0 aliphatic carbocycles. The zero-order valence-electron chi connectivity index (χ0n) is 11.4. The molecule has 0 fully saturated rings. The van der Waals surface area contributed by atoms with Crippen LogP contribution in [0.4, 0.5) is 0 Å². The molecule has 106 valence electrons. The predicted octanol–water partition coefficient (Wildman–Crippen LogP) is 2.72. The van der Waals surface area contributed by atoms with E-state index in [-0.39, 0.29) is 5.78 Å². The Balaban J connectivity index is 1.96. The van der Waals surface area contributed by atoms with E-state index >= 15 is 0 Å². The fraction of sp³-hybridized carbons (Fsp3) is 0.188. The number of fused-ring (bicyclic) bond motifs is 1. The van der Waals surface area contributed by atoms with Crippen LogP contribution in [-0.2, 0) is 15.3 Å². The van der Waals surface area contributed by atoms with Gasteiger partial charge in [0.15, 0.2) is 11.0 Å². The minimum Gasteiger partial charge on any atom is -0.468 e. The topological polar surface area (TPSA) is 56.3 Å². The minimum atomic E-state index is -0.771. The quantitative estimate of drug-likeness (QED) is 0.630. The molecule has 0 saturated heterocycles. The van der Waals surface area contributed by atoms with Crippen molar-refractivity contribution in [1.29, 1.82) is 0 Å². The van der Waals surface area contributed by atoms with E-state index in [4.69, 9.17) is 0 Å². The number of ketones is 1. The van der Waals surface area contributed by atoms with Gasteiger partial charge in [-0.2, -0.15) is 0 Å². The van der Waals surface area contributed by atoms with Crippen LogP contribution in [-0.4, -0.2) is 29.1 Å². The zero-order valence-corrected chi connectivity index (χ0v) is 12.2. The second-order valence-corrected chi connectivity index (χ2v) is 5.73. The summed E-state index contributed by atoms with van der Waals surface area (Å²) in [6.07, 6.45) is 0. The Morgan fingerprint density at radius 3 is 2.71 bits per heavy atom. The summed E-state index contributed by atoms with van der Waals surface area (Å²) in [4.78, 5) is 28.5. The summed E-state index contributed by atoms with van der Waals surface area (Å²) < 4.78 is 4.67. The highest BCUT2D eigenvalue weighted by atomic mass is 32.2. The van der Waals surface area contributed by atoms with E-state index in [0.29, 0.717) is 11.3 Å². The first-order valence-corrected chi connectivity index (χ1v) is 7.54. The maximum absolute atomic E-state index is 12.3. The molecule has 2 aromatic rings. The highest BCUT2D eigenvalue weighted by Crippen LogP contribution is 2.31. The summed E-state index contributed by atoms with van der Waals surface area (Å²) in [5, 5.41) is -0.771. The van der Waals surface area contributed by atoms with E-state index in [1.165, 1.54) is 18.9 Å². The molecule has 5 heteroatoms. The highest BCUT2D eigenvalue weighted by Gasteiger charge is 2.35. The average molecular weight is 299 g/mol. The fourth-order valence-corrected chi connectivity index (χ4v) is 3.32. The number of pyridine rings is 1. The Hall–Kier alpha value is -2.14. The van der Waals surface area contributed by atoms with Crippen molar-refractivity contribution in [2.45, 2.75) is 11.0 Å². The first-order chi connectivity index (χ1) is 10.2. The number of carbonyl (C=O) groups excluding carboxylic acids is 2. The molecule has 21 heavy (non-hydrogen) atoms. The second kappa shape index (κ2) is 5.69. The van der Waals surface area contributed by atoms with Gasteiger partial charge in [0.2, 0.25) is 0 Å². The molecule has 0 amide bonds. The molecule has 1 aromatic heterocycles. The van der Waals surface area contributed by atoms with Crippen molar-refractivity contribution in [1.82, 2.24) is 4.98 Å². The van der Waals surface area contributed by atoms with Crippen LogP contribution in [0.1, 0.15) is 16.1 Å². The van der Waals surface area contributed by atoms with Crippen LogP contribution in [0.2, 0.25) is 0 Å². The van der Waals surface area contributed by atoms with Gasteiger partial charge in [0.05, 0.1) is 18.5 Å². The molecule has 1 aliphatic rings. The van der Waals surface area contributed by atoms with E-state index in [1.54, 1.807) is 6.07 Å². The van der Waals surface area contributed by atoms with E-state index in [0.717, 1.165) is 17.0 Å².